The number of hydrogen-bond donors (Lipinski definition) is 0. The van der Waals surface area contributed by atoms with E-state index < -0.39 is 0 Å². The van der Waals surface area contributed by atoms with Crippen LogP contribution in [0.4, 0.5) is 0 Å². The van der Waals surface area contributed by atoms with Crippen LogP contribution in [-0.2, 0) is 0 Å². The normalized spacial score (nSPS) is 14.0. The van der Waals surface area contributed by atoms with Gasteiger partial charge < -0.3 is 14.2 Å². The molecule has 0 aliphatic heterocycles. The Morgan fingerprint density at radius 3 is 2.14 bits per heavy atom. The molecule has 0 amide bonds. The highest BCUT2D eigenvalue weighted by atomic mass is 16.5. The molecule has 0 radical (unpaired) electrons. The predicted octanol–water partition coefficient (Wildman–Crippen LogP) is 4.28. The lowest BCUT2D eigenvalue weighted by molar-refractivity contribution is 0.324. The Balaban J connectivity index is 2.07. The molecule has 1 aliphatic carbocycles. The van der Waals surface area contributed by atoms with Gasteiger partial charge in [-0.05, 0) is 40.5 Å². The van der Waals surface area contributed by atoms with Crippen molar-refractivity contribution in [2.24, 2.45) is 0 Å². The van der Waals surface area contributed by atoms with Crippen molar-refractivity contribution in [2.75, 3.05) is 21.3 Å². The summed E-state index contributed by atoms with van der Waals surface area (Å²) in [7, 11) is 4.85. The molecule has 0 bridgehead atoms. The Morgan fingerprint density at radius 1 is 0.818 bits per heavy atom. The van der Waals surface area contributed by atoms with Crippen molar-refractivity contribution in [1.82, 2.24) is 0 Å². The van der Waals surface area contributed by atoms with Gasteiger partial charge in [0.15, 0.2) is 11.5 Å². The third kappa shape index (κ3) is 2.46. The van der Waals surface area contributed by atoms with Crippen LogP contribution in [0.5, 0.6) is 17.2 Å². The second kappa shape index (κ2) is 5.98. The highest BCUT2D eigenvalue weighted by molar-refractivity contribution is 5.97. The number of methoxy groups -OCH3 is 3. The molecule has 0 spiro atoms. The summed E-state index contributed by atoms with van der Waals surface area (Å²) in [5.74, 6) is 1.92. The first-order valence-electron chi connectivity index (χ1n) is 7.06. The number of ether oxygens (including phenoxy) is 3. The Morgan fingerprint density at radius 2 is 1.50 bits per heavy atom. The smallest absolute Gasteiger partial charge is 0.203 e. The van der Waals surface area contributed by atoms with E-state index in [0.29, 0.717) is 17.2 Å². The number of benzene rings is 2. The SMILES string of the molecule is COc1cc(C=C2C=Cc3ccccc32)cc(OC)c1OC. The van der Waals surface area contributed by atoms with E-state index in [4.69, 9.17) is 14.2 Å². The van der Waals surface area contributed by atoms with Gasteiger partial charge >= 0.3 is 0 Å². The van der Waals surface area contributed by atoms with Crippen LogP contribution in [-0.4, -0.2) is 21.3 Å². The molecule has 0 saturated carbocycles. The molecule has 0 unspecified atom stereocenters. The van der Waals surface area contributed by atoms with E-state index in [9.17, 15) is 0 Å². The summed E-state index contributed by atoms with van der Waals surface area (Å²) in [6.07, 6.45) is 6.36. The van der Waals surface area contributed by atoms with Crippen LogP contribution in [0.3, 0.4) is 0 Å². The van der Waals surface area contributed by atoms with Gasteiger partial charge in [-0.25, -0.2) is 0 Å². The molecule has 0 heterocycles. The lowest BCUT2D eigenvalue weighted by Crippen LogP contribution is -1.95. The summed E-state index contributed by atoms with van der Waals surface area (Å²) in [5, 5.41) is 0. The molecule has 2 aromatic rings. The van der Waals surface area contributed by atoms with Crippen LogP contribution in [0.2, 0.25) is 0 Å². The maximum atomic E-state index is 5.40. The molecule has 0 aromatic heterocycles. The van der Waals surface area contributed by atoms with E-state index in [1.165, 1.54) is 16.7 Å². The fraction of sp³-hybridized carbons (Fsp3) is 0.158. The topological polar surface area (TPSA) is 27.7 Å². The van der Waals surface area contributed by atoms with E-state index >= 15 is 0 Å². The van der Waals surface area contributed by atoms with Gasteiger partial charge in [0.1, 0.15) is 0 Å². The zero-order valence-corrected chi connectivity index (χ0v) is 12.9. The average molecular weight is 294 g/mol. The summed E-state index contributed by atoms with van der Waals surface area (Å²) in [6.45, 7) is 0. The third-order valence-electron chi connectivity index (χ3n) is 3.72. The van der Waals surface area contributed by atoms with E-state index in [-0.39, 0.29) is 0 Å². The first kappa shape index (κ1) is 14.3. The van der Waals surface area contributed by atoms with E-state index in [1.807, 2.05) is 18.2 Å². The maximum Gasteiger partial charge on any atom is 0.203 e. The molecule has 0 fully saturated rings. The first-order valence-corrected chi connectivity index (χ1v) is 7.06. The predicted molar refractivity (Wildman–Crippen MR) is 89.4 cm³/mol. The minimum atomic E-state index is 0.606. The first-order chi connectivity index (χ1) is 10.8. The second-order valence-electron chi connectivity index (χ2n) is 4.98. The minimum Gasteiger partial charge on any atom is -0.493 e. The van der Waals surface area contributed by atoms with Crippen LogP contribution in [0.1, 0.15) is 16.7 Å². The van der Waals surface area contributed by atoms with Gasteiger partial charge in [0.2, 0.25) is 5.75 Å². The molecule has 2 aromatic carbocycles. The van der Waals surface area contributed by atoms with Crippen LogP contribution in [0.25, 0.3) is 17.7 Å². The van der Waals surface area contributed by atoms with Crippen LogP contribution in [0, 0.1) is 0 Å². The van der Waals surface area contributed by atoms with Gasteiger partial charge in [0.25, 0.3) is 0 Å². The molecule has 1 aliphatic rings. The molecule has 0 N–H and O–H groups in total. The molecular formula is C19H18O3. The molecule has 3 heteroatoms. The largest absolute Gasteiger partial charge is 0.493 e. The van der Waals surface area contributed by atoms with Crippen molar-refractivity contribution in [3.63, 3.8) is 0 Å². The number of hydrogen-bond acceptors (Lipinski definition) is 3. The molecule has 3 nitrogen and oxygen atoms in total. The van der Waals surface area contributed by atoms with Crippen molar-refractivity contribution < 1.29 is 14.2 Å². The van der Waals surface area contributed by atoms with E-state index in [2.05, 4.69) is 36.4 Å². The zero-order valence-electron chi connectivity index (χ0n) is 12.9. The number of rotatable bonds is 4. The maximum absolute atomic E-state index is 5.40. The monoisotopic (exact) mass is 294 g/mol. The van der Waals surface area contributed by atoms with Gasteiger partial charge in [-0.2, -0.15) is 0 Å². The Kier molecular flexibility index (Phi) is 3.88. The lowest BCUT2D eigenvalue weighted by atomic mass is 10.0. The van der Waals surface area contributed by atoms with Gasteiger partial charge in [-0.1, -0.05) is 36.4 Å². The summed E-state index contributed by atoms with van der Waals surface area (Å²) in [6, 6.07) is 12.2. The van der Waals surface area contributed by atoms with E-state index in [1.54, 1.807) is 21.3 Å². The second-order valence-corrected chi connectivity index (χ2v) is 4.98. The van der Waals surface area contributed by atoms with Crippen LogP contribution < -0.4 is 14.2 Å². The van der Waals surface area contributed by atoms with Gasteiger partial charge in [0.05, 0.1) is 21.3 Å². The van der Waals surface area contributed by atoms with Crippen molar-refractivity contribution in [2.45, 2.75) is 0 Å². The fourth-order valence-electron chi connectivity index (χ4n) is 2.66. The Bertz CT molecular complexity index is 732. The average Bonchev–Trinajstić information content (AvgIpc) is 2.97. The number of allylic oxidation sites excluding steroid dienone is 2. The molecule has 22 heavy (non-hydrogen) atoms. The van der Waals surface area contributed by atoms with Crippen molar-refractivity contribution >= 4 is 17.7 Å². The Hall–Kier alpha value is -2.68. The van der Waals surface area contributed by atoms with Gasteiger partial charge in [0, 0.05) is 0 Å². The van der Waals surface area contributed by atoms with Crippen molar-refractivity contribution in [3.8, 4) is 17.2 Å². The summed E-state index contributed by atoms with van der Waals surface area (Å²) in [5.41, 5.74) is 4.65. The molecule has 0 saturated heterocycles. The number of fused-ring (bicyclic) bond motifs is 1. The van der Waals surface area contributed by atoms with E-state index in [0.717, 1.165) is 5.56 Å². The van der Waals surface area contributed by atoms with Gasteiger partial charge in [-0.15, -0.1) is 0 Å². The molecule has 112 valence electrons. The molecule has 0 atom stereocenters. The fourth-order valence-corrected chi connectivity index (χ4v) is 2.66. The van der Waals surface area contributed by atoms with Crippen LogP contribution >= 0.6 is 0 Å². The van der Waals surface area contributed by atoms with Crippen molar-refractivity contribution in [3.05, 3.63) is 59.2 Å². The summed E-state index contributed by atoms with van der Waals surface area (Å²) >= 11 is 0. The van der Waals surface area contributed by atoms with Gasteiger partial charge in [-0.3, -0.25) is 0 Å². The molecule has 3 rings (SSSR count). The lowest BCUT2D eigenvalue weighted by Gasteiger charge is -2.13. The highest BCUT2D eigenvalue weighted by Gasteiger charge is 2.14. The third-order valence-corrected chi connectivity index (χ3v) is 3.72. The molecular weight excluding hydrogens is 276 g/mol. The quantitative estimate of drug-likeness (QED) is 0.842. The minimum absolute atomic E-state index is 0.606. The Labute approximate surface area is 130 Å². The summed E-state index contributed by atoms with van der Waals surface area (Å²) < 4.78 is 16.2. The summed E-state index contributed by atoms with van der Waals surface area (Å²) in [4.78, 5) is 0. The standard InChI is InChI=1S/C19H18O3/c1-20-17-11-13(12-18(21-2)19(17)22-3)10-15-9-8-14-6-4-5-7-16(14)15/h4-12H,1-3H3. The highest BCUT2D eigenvalue weighted by Crippen LogP contribution is 2.39. The van der Waals surface area contributed by atoms with Crippen molar-refractivity contribution in [1.29, 1.82) is 0 Å². The van der Waals surface area contributed by atoms with Crippen LogP contribution in [0.15, 0.2) is 42.5 Å². The zero-order chi connectivity index (χ0) is 15.5.